The zero-order chi connectivity index (χ0) is 23.5. The quantitative estimate of drug-likeness (QED) is 0.512. The van der Waals surface area contributed by atoms with Gasteiger partial charge in [-0.15, -0.1) is 22.7 Å². The summed E-state index contributed by atoms with van der Waals surface area (Å²) in [5.74, 6) is 0.362. The van der Waals surface area contributed by atoms with E-state index in [0.29, 0.717) is 39.0 Å². The van der Waals surface area contributed by atoms with Crippen molar-refractivity contribution < 1.29 is 9.59 Å². The second kappa shape index (κ2) is 10.4. The van der Waals surface area contributed by atoms with Crippen LogP contribution in [0.4, 0.5) is 0 Å². The van der Waals surface area contributed by atoms with Gasteiger partial charge in [0.1, 0.15) is 0 Å². The Morgan fingerprint density at radius 1 is 0.853 bits per heavy atom. The van der Waals surface area contributed by atoms with Gasteiger partial charge in [-0.25, -0.2) is 0 Å². The number of amides is 2. The molecule has 5 rings (SSSR count). The van der Waals surface area contributed by atoms with Crippen LogP contribution in [-0.4, -0.2) is 65.8 Å². The fraction of sp³-hybridized carbons (Fsp3) is 0.407. The summed E-state index contributed by atoms with van der Waals surface area (Å²) in [5, 5.41) is 4.20. The van der Waals surface area contributed by atoms with Gasteiger partial charge in [0.05, 0.1) is 12.5 Å². The third kappa shape index (κ3) is 4.97. The molecule has 1 atom stereocenters. The molecule has 2 amide bonds. The lowest BCUT2D eigenvalue weighted by Gasteiger charge is -2.38. The lowest BCUT2D eigenvalue weighted by molar-refractivity contribution is -0.139. The van der Waals surface area contributed by atoms with E-state index < -0.39 is 0 Å². The molecule has 0 N–H and O–H groups in total. The highest BCUT2D eigenvalue weighted by Gasteiger charge is 2.31. The first-order valence-electron chi connectivity index (χ1n) is 12.0. The Labute approximate surface area is 209 Å². The Morgan fingerprint density at radius 3 is 2.35 bits per heavy atom. The summed E-state index contributed by atoms with van der Waals surface area (Å²) in [6, 6.07) is 15.1. The molecule has 1 saturated heterocycles. The average molecular weight is 494 g/mol. The van der Waals surface area contributed by atoms with Gasteiger partial charge in [0.25, 0.3) is 0 Å². The van der Waals surface area contributed by atoms with Crippen molar-refractivity contribution in [3.63, 3.8) is 0 Å². The molecule has 0 bridgehead atoms. The van der Waals surface area contributed by atoms with Crippen molar-refractivity contribution >= 4 is 34.5 Å². The molecule has 3 aromatic rings. The Bertz CT molecular complexity index is 1130. The topological polar surface area (TPSA) is 43.9 Å². The van der Waals surface area contributed by atoms with Crippen LogP contribution in [0.2, 0.25) is 0 Å². The molecule has 1 fully saturated rings. The minimum atomic E-state index is 0.163. The van der Waals surface area contributed by atoms with Crippen molar-refractivity contribution in [3.8, 4) is 0 Å². The molecule has 7 heteroatoms. The highest BCUT2D eigenvalue weighted by Crippen LogP contribution is 2.38. The van der Waals surface area contributed by atoms with E-state index in [2.05, 4.69) is 47.5 Å². The van der Waals surface area contributed by atoms with Crippen molar-refractivity contribution in [1.82, 2.24) is 14.7 Å². The number of aryl methyl sites for hydroxylation is 1. The Kier molecular flexibility index (Phi) is 7.13. The molecule has 0 aliphatic carbocycles. The predicted molar refractivity (Wildman–Crippen MR) is 138 cm³/mol. The molecule has 0 radical (unpaired) electrons. The van der Waals surface area contributed by atoms with Crippen LogP contribution >= 0.6 is 22.7 Å². The molecule has 34 heavy (non-hydrogen) atoms. The Morgan fingerprint density at radius 2 is 1.62 bits per heavy atom. The Balaban J connectivity index is 1.18. The molecule has 1 unspecified atom stereocenters. The number of fused-ring (bicyclic) bond motifs is 1. The standard InChI is InChI=1S/C27H31N3O2S2/c1-20-5-2-3-7-22(20)27-23-10-18-34-24(23)8-11-30(27)12-9-25(31)28-13-15-29(16-14-28)26(32)19-21-6-4-17-33-21/h2-7,10,17-18,27H,8-9,11-16,19H2,1H3. The summed E-state index contributed by atoms with van der Waals surface area (Å²) >= 11 is 3.47. The summed E-state index contributed by atoms with van der Waals surface area (Å²) in [7, 11) is 0. The summed E-state index contributed by atoms with van der Waals surface area (Å²) in [4.78, 5) is 34.6. The number of thiophene rings is 2. The van der Waals surface area contributed by atoms with E-state index in [1.165, 1.54) is 21.6 Å². The van der Waals surface area contributed by atoms with Crippen molar-refractivity contribution in [3.05, 3.63) is 79.7 Å². The second-order valence-electron chi connectivity index (χ2n) is 9.11. The molecule has 178 valence electrons. The van der Waals surface area contributed by atoms with E-state index in [0.717, 1.165) is 24.4 Å². The van der Waals surface area contributed by atoms with Gasteiger partial charge < -0.3 is 9.80 Å². The first-order valence-corrected chi connectivity index (χ1v) is 13.8. The zero-order valence-corrected chi connectivity index (χ0v) is 21.2. The lowest BCUT2D eigenvalue weighted by atomic mass is 9.90. The van der Waals surface area contributed by atoms with Crippen molar-refractivity contribution in [2.75, 3.05) is 39.3 Å². The van der Waals surface area contributed by atoms with Crippen LogP contribution in [-0.2, 0) is 22.4 Å². The molecule has 5 nitrogen and oxygen atoms in total. The molecule has 1 aromatic carbocycles. The molecule has 2 aromatic heterocycles. The number of piperazine rings is 1. The maximum atomic E-state index is 13.1. The molecule has 0 saturated carbocycles. The summed E-state index contributed by atoms with van der Waals surface area (Å²) in [6.07, 6.45) is 2.03. The van der Waals surface area contributed by atoms with E-state index in [9.17, 15) is 9.59 Å². The molecule has 2 aliphatic rings. The summed E-state index contributed by atoms with van der Waals surface area (Å²) in [6.45, 7) is 6.43. The van der Waals surface area contributed by atoms with Gasteiger partial charge >= 0.3 is 0 Å². The minimum Gasteiger partial charge on any atom is -0.339 e. The fourth-order valence-corrected chi connectivity index (χ4v) is 6.74. The normalized spacial score (nSPS) is 18.7. The summed E-state index contributed by atoms with van der Waals surface area (Å²) in [5.41, 5.74) is 4.04. The van der Waals surface area contributed by atoms with Crippen molar-refractivity contribution in [2.24, 2.45) is 0 Å². The first-order chi connectivity index (χ1) is 16.6. The number of hydrogen-bond acceptors (Lipinski definition) is 5. The average Bonchev–Trinajstić information content (AvgIpc) is 3.55. The highest BCUT2D eigenvalue weighted by atomic mass is 32.1. The number of benzene rings is 1. The van der Waals surface area contributed by atoms with E-state index in [1.807, 2.05) is 38.6 Å². The van der Waals surface area contributed by atoms with E-state index in [1.54, 1.807) is 11.3 Å². The van der Waals surface area contributed by atoms with Gasteiger partial charge in [0.2, 0.25) is 11.8 Å². The molecular weight excluding hydrogens is 462 g/mol. The van der Waals surface area contributed by atoms with Gasteiger partial charge in [-0.3, -0.25) is 14.5 Å². The number of carbonyl (C=O) groups excluding carboxylic acids is 2. The highest BCUT2D eigenvalue weighted by molar-refractivity contribution is 7.10. The zero-order valence-electron chi connectivity index (χ0n) is 19.6. The maximum absolute atomic E-state index is 13.1. The predicted octanol–water partition coefficient (Wildman–Crippen LogP) is 4.37. The SMILES string of the molecule is Cc1ccccc1C1c2ccsc2CCN1CCC(=O)N1CCN(C(=O)Cc2cccs2)CC1. The third-order valence-corrected chi connectivity index (χ3v) is 8.93. The van der Waals surface area contributed by atoms with Crippen LogP contribution in [0, 0.1) is 6.92 Å². The maximum Gasteiger partial charge on any atom is 0.227 e. The van der Waals surface area contributed by atoms with Gasteiger partial charge in [-0.2, -0.15) is 0 Å². The summed E-state index contributed by atoms with van der Waals surface area (Å²) < 4.78 is 0. The third-order valence-electron chi connectivity index (χ3n) is 7.05. The fourth-order valence-electron chi connectivity index (χ4n) is 5.14. The van der Waals surface area contributed by atoms with Gasteiger partial charge in [0, 0.05) is 55.4 Å². The molecule has 2 aliphatic heterocycles. The number of hydrogen-bond donors (Lipinski definition) is 0. The van der Waals surface area contributed by atoms with Crippen LogP contribution < -0.4 is 0 Å². The van der Waals surface area contributed by atoms with Crippen LogP contribution in [0.1, 0.15) is 38.9 Å². The molecule has 0 spiro atoms. The van der Waals surface area contributed by atoms with Crippen LogP contribution in [0.15, 0.2) is 53.2 Å². The van der Waals surface area contributed by atoms with Gasteiger partial charge in [-0.05, 0) is 52.9 Å². The second-order valence-corrected chi connectivity index (χ2v) is 11.1. The largest absolute Gasteiger partial charge is 0.339 e. The molecular formula is C27H31N3O2S2. The van der Waals surface area contributed by atoms with Crippen LogP contribution in [0.5, 0.6) is 0 Å². The van der Waals surface area contributed by atoms with Crippen LogP contribution in [0.25, 0.3) is 0 Å². The van der Waals surface area contributed by atoms with Crippen LogP contribution in [0.3, 0.4) is 0 Å². The van der Waals surface area contributed by atoms with Gasteiger partial charge in [-0.1, -0.05) is 30.3 Å². The first kappa shape index (κ1) is 23.3. The van der Waals surface area contributed by atoms with E-state index in [4.69, 9.17) is 0 Å². The smallest absolute Gasteiger partial charge is 0.227 e. The monoisotopic (exact) mass is 493 g/mol. The lowest BCUT2D eigenvalue weighted by Crippen LogP contribution is -2.51. The number of nitrogens with zero attached hydrogens (tertiary/aromatic N) is 3. The van der Waals surface area contributed by atoms with Gasteiger partial charge in [0.15, 0.2) is 0 Å². The minimum absolute atomic E-state index is 0.163. The van der Waals surface area contributed by atoms with E-state index >= 15 is 0 Å². The van der Waals surface area contributed by atoms with Crippen molar-refractivity contribution in [2.45, 2.75) is 32.2 Å². The Hall–Kier alpha value is -2.48. The number of rotatable bonds is 6. The van der Waals surface area contributed by atoms with E-state index in [-0.39, 0.29) is 17.9 Å². The number of carbonyl (C=O) groups is 2. The molecule has 4 heterocycles. The van der Waals surface area contributed by atoms with Crippen molar-refractivity contribution in [1.29, 1.82) is 0 Å².